The number of alkyl halides is 3. The molecule has 1 unspecified atom stereocenters. The fraction of sp³-hybridized carbons (Fsp3) is 0.636. The predicted octanol–water partition coefficient (Wildman–Crippen LogP) is 3.02. The Labute approximate surface area is 103 Å². The molecule has 1 atom stereocenters. The first-order valence-corrected chi connectivity index (χ1v) is 6.40. The highest BCUT2D eigenvalue weighted by molar-refractivity contribution is 7.10. The van der Waals surface area contributed by atoms with Crippen LogP contribution in [0.4, 0.5) is 13.2 Å². The smallest absolute Gasteiger partial charge is 0.329 e. The molecule has 0 amide bonds. The molecular weight excluding hydrogens is 249 g/mol. The van der Waals surface area contributed by atoms with Gasteiger partial charge in [0, 0.05) is 11.4 Å². The lowest BCUT2D eigenvalue weighted by molar-refractivity contribution is -0.150. The van der Waals surface area contributed by atoms with Gasteiger partial charge in [-0.25, -0.2) is 0 Å². The van der Waals surface area contributed by atoms with Crippen molar-refractivity contribution in [1.82, 2.24) is 4.90 Å². The number of nitrogens with zero attached hydrogens (tertiary/aromatic N) is 1. The van der Waals surface area contributed by atoms with E-state index in [2.05, 4.69) is 0 Å². The molecule has 17 heavy (non-hydrogen) atoms. The Bertz CT molecular complexity index is 311. The SMILES string of the molecule is CCCN(CC(F)(F)F)C(CN)c1cccs1. The van der Waals surface area contributed by atoms with Gasteiger partial charge >= 0.3 is 6.18 Å². The summed E-state index contributed by atoms with van der Waals surface area (Å²) >= 11 is 1.45. The van der Waals surface area contributed by atoms with Crippen LogP contribution in [0.1, 0.15) is 24.3 Å². The average molecular weight is 266 g/mol. The summed E-state index contributed by atoms with van der Waals surface area (Å²) in [4.78, 5) is 2.30. The molecule has 0 fully saturated rings. The molecule has 1 rings (SSSR count). The number of hydrogen-bond donors (Lipinski definition) is 1. The standard InChI is InChI=1S/C11H17F3N2S/c1-2-5-16(8-11(12,13)14)9(7-15)10-4-3-6-17-10/h3-4,6,9H,2,5,7-8,15H2,1H3. The summed E-state index contributed by atoms with van der Waals surface area (Å²) in [6, 6.07) is 3.33. The van der Waals surface area contributed by atoms with E-state index in [1.54, 1.807) is 0 Å². The molecule has 1 aromatic rings. The number of thiophene rings is 1. The van der Waals surface area contributed by atoms with E-state index in [9.17, 15) is 13.2 Å². The third kappa shape index (κ3) is 4.65. The van der Waals surface area contributed by atoms with Crippen molar-refractivity contribution in [2.75, 3.05) is 19.6 Å². The van der Waals surface area contributed by atoms with Crippen LogP contribution >= 0.6 is 11.3 Å². The fourth-order valence-corrected chi connectivity index (χ4v) is 2.66. The van der Waals surface area contributed by atoms with Gasteiger partial charge in [-0.2, -0.15) is 13.2 Å². The van der Waals surface area contributed by atoms with Gasteiger partial charge in [-0.1, -0.05) is 13.0 Å². The largest absolute Gasteiger partial charge is 0.401 e. The van der Waals surface area contributed by atoms with Gasteiger partial charge < -0.3 is 5.73 Å². The van der Waals surface area contributed by atoms with Crippen molar-refractivity contribution < 1.29 is 13.2 Å². The lowest BCUT2D eigenvalue weighted by Gasteiger charge is -2.30. The first kappa shape index (κ1) is 14.5. The van der Waals surface area contributed by atoms with E-state index in [0.717, 1.165) is 4.88 Å². The van der Waals surface area contributed by atoms with E-state index in [1.165, 1.54) is 16.2 Å². The number of hydrogen-bond acceptors (Lipinski definition) is 3. The van der Waals surface area contributed by atoms with E-state index in [1.807, 2.05) is 24.4 Å². The van der Waals surface area contributed by atoms with Crippen molar-refractivity contribution in [3.63, 3.8) is 0 Å². The molecule has 0 saturated carbocycles. The molecule has 0 bridgehead atoms. The Morgan fingerprint density at radius 3 is 2.59 bits per heavy atom. The third-order valence-electron chi connectivity index (χ3n) is 2.43. The first-order chi connectivity index (χ1) is 7.98. The van der Waals surface area contributed by atoms with Crippen molar-refractivity contribution in [2.24, 2.45) is 5.73 Å². The highest BCUT2D eigenvalue weighted by atomic mass is 32.1. The first-order valence-electron chi connectivity index (χ1n) is 5.52. The summed E-state index contributed by atoms with van der Waals surface area (Å²) in [6.45, 7) is 1.57. The topological polar surface area (TPSA) is 29.3 Å². The fourth-order valence-electron chi connectivity index (χ4n) is 1.79. The summed E-state index contributed by atoms with van der Waals surface area (Å²) in [6.07, 6.45) is -3.50. The maximum atomic E-state index is 12.5. The zero-order chi connectivity index (χ0) is 12.9. The van der Waals surface area contributed by atoms with Crippen LogP contribution in [0.15, 0.2) is 17.5 Å². The molecule has 2 nitrogen and oxygen atoms in total. The monoisotopic (exact) mass is 266 g/mol. The Hall–Kier alpha value is -0.590. The minimum absolute atomic E-state index is 0.205. The number of halogens is 3. The van der Waals surface area contributed by atoms with E-state index in [4.69, 9.17) is 5.73 Å². The van der Waals surface area contributed by atoms with E-state index in [0.29, 0.717) is 13.0 Å². The second kappa shape index (κ2) is 6.37. The minimum atomic E-state index is -4.18. The molecule has 1 heterocycles. The van der Waals surface area contributed by atoms with Crippen LogP contribution in [0.3, 0.4) is 0 Å². The lowest BCUT2D eigenvalue weighted by atomic mass is 10.2. The molecule has 0 aromatic carbocycles. The van der Waals surface area contributed by atoms with E-state index >= 15 is 0 Å². The van der Waals surface area contributed by atoms with Gasteiger partial charge in [0.15, 0.2) is 0 Å². The normalized spacial score (nSPS) is 14.2. The van der Waals surface area contributed by atoms with Gasteiger partial charge in [-0.15, -0.1) is 11.3 Å². The zero-order valence-corrected chi connectivity index (χ0v) is 10.5. The maximum absolute atomic E-state index is 12.5. The van der Waals surface area contributed by atoms with Crippen molar-refractivity contribution in [1.29, 1.82) is 0 Å². The molecule has 98 valence electrons. The van der Waals surface area contributed by atoms with Crippen molar-refractivity contribution in [3.8, 4) is 0 Å². The molecule has 2 N–H and O–H groups in total. The Morgan fingerprint density at radius 2 is 2.18 bits per heavy atom. The van der Waals surface area contributed by atoms with Crippen LogP contribution in [0.2, 0.25) is 0 Å². The molecule has 0 aliphatic carbocycles. The molecule has 0 aliphatic rings. The summed E-state index contributed by atoms with van der Waals surface area (Å²) in [5.74, 6) is 0. The number of rotatable bonds is 6. The predicted molar refractivity (Wildman–Crippen MR) is 64.0 cm³/mol. The second-order valence-corrected chi connectivity index (χ2v) is 4.83. The van der Waals surface area contributed by atoms with Gasteiger partial charge in [-0.05, 0) is 24.4 Å². The summed E-state index contributed by atoms with van der Waals surface area (Å²) < 4.78 is 37.5. The maximum Gasteiger partial charge on any atom is 0.401 e. The van der Waals surface area contributed by atoms with Gasteiger partial charge in [0.25, 0.3) is 0 Å². The number of nitrogens with two attached hydrogens (primary N) is 1. The van der Waals surface area contributed by atoms with Gasteiger partial charge in [0.1, 0.15) is 0 Å². The third-order valence-corrected chi connectivity index (χ3v) is 3.40. The van der Waals surface area contributed by atoms with Crippen molar-refractivity contribution in [3.05, 3.63) is 22.4 Å². The molecule has 0 radical (unpaired) electrons. The Balaban J connectivity index is 2.80. The molecule has 6 heteroatoms. The van der Waals surface area contributed by atoms with Crippen LogP contribution in [-0.2, 0) is 0 Å². The van der Waals surface area contributed by atoms with Crippen molar-refractivity contribution >= 4 is 11.3 Å². The highest BCUT2D eigenvalue weighted by Gasteiger charge is 2.33. The van der Waals surface area contributed by atoms with Gasteiger partial charge in [0.05, 0.1) is 12.6 Å². The second-order valence-electron chi connectivity index (χ2n) is 3.85. The van der Waals surface area contributed by atoms with E-state index < -0.39 is 12.7 Å². The minimum Gasteiger partial charge on any atom is -0.329 e. The van der Waals surface area contributed by atoms with Crippen LogP contribution in [-0.4, -0.2) is 30.7 Å². The quantitative estimate of drug-likeness (QED) is 0.857. The zero-order valence-electron chi connectivity index (χ0n) is 9.70. The van der Waals surface area contributed by atoms with Crippen LogP contribution in [0.5, 0.6) is 0 Å². The van der Waals surface area contributed by atoms with E-state index in [-0.39, 0.29) is 12.6 Å². The van der Waals surface area contributed by atoms with Crippen molar-refractivity contribution in [2.45, 2.75) is 25.6 Å². The highest BCUT2D eigenvalue weighted by Crippen LogP contribution is 2.27. The van der Waals surface area contributed by atoms with Gasteiger partial charge in [0.2, 0.25) is 0 Å². The molecular formula is C11H17F3N2S. The molecule has 1 aromatic heterocycles. The summed E-state index contributed by atoms with van der Waals surface area (Å²) in [7, 11) is 0. The summed E-state index contributed by atoms with van der Waals surface area (Å²) in [5.41, 5.74) is 5.61. The molecule has 0 spiro atoms. The van der Waals surface area contributed by atoms with Crippen LogP contribution in [0, 0.1) is 0 Å². The van der Waals surface area contributed by atoms with Gasteiger partial charge in [-0.3, -0.25) is 4.90 Å². The average Bonchev–Trinajstić information content (AvgIpc) is 2.70. The van der Waals surface area contributed by atoms with Crippen LogP contribution in [0.25, 0.3) is 0 Å². The Morgan fingerprint density at radius 1 is 1.47 bits per heavy atom. The lowest BCUT2D eigenvalue weighted by Crippen LogP contribution is -2.40. The molecule has 0 saturated heterocycles. The Kier molecular flexibility index (Phi) is 5.42. The summed E-state index contributed by atoms with van der Waals surface area (Å²) in [5, 5.41) is 1.86. The van der Waals surface area contributed by atoms with Crippen LogP contribution < -0.4 is 5.73 Å². The molecule has 0 aliphatic heterocycles.